The molecule has 1 aromatic carbocycles. The molecule has 0 spiro atoms. The largest absolute Gasteiger partial charge is 0.379 e. The van der Waals surface area contributed by atoms with Gasteiger partial charge in [0, 0.05) is 56.1 Å². The lowest BCUT2D eigenvalue weighted by Gasteiger charge is -2.38. The average molecular weight is 357 g/mol. The van der Waals surface area contributed by atoms with Crippen molar-refractivity contribution < 1.29 is 9.90 Å². The van der Waals surface area contributed by atoms with Crippen molar-refractivity contribution in [2.45, 2.75) is 39.8 Å². The predicted molar refractivity (Wildman–Crippen MR) is 105 cm³/mol. The fourth-order valence-corrected chi connectivity index (χ4v) is 3.88. The van der Waals surface area contributed by atoms with Gasteiger partial charge in [0.2, 0.25) is 0 Å². The number of Topliss-reactive ketones (excluding diaryl/α,β-unsaturated/α-hetero) is 1. The van der Waals surface area contributed by atoms with Crippen LogP contribution in [-0.2, 0) is 4.79 Å². The van der Waals surface area contributed by atoms with E-state index >= 15 is 0 Å². The molecule has 3 rings (SSSR count). The molecular formula is C21H31N3O2. The molecule has 2 aliphatic rings. The van der Waals surface area contributed by atoms with Crippen molar-refractivity contribution in [3.05, 3.63) is 41.6 Å². The van der Waals surface area contributed by atoms with E-state index in [1.54, 1.807) is 0 Å². The van der Waals surface area contributed by atoms with Gasteiger partial charge < -0.3 is 10.4 Å². The molecule has 142 valence electrons. The van der Waals surface area contributed by atoms with Crippen LogP contribution in [0.5, 0.6) is 0 Å². The summed E-state index contributed by atoms with van der Waals surface area (Å²) in [6, 6.07) is 10.1. The highest BCUT2D eigenvalue weighted by Crippen LogP contribution is 2.37. The standard InChI is InChI=1S/C21H31N3O2/c1-16(25)24-11-9-23(10-12-24)15-18-19(13-21(2,3)14-20(18)26)22-17-7-5-4-6-8-17/h4-8,16,22,25H,9-15H2,1-3H3. The Hall–Kier alpha value is -1.69. The summed E-state index contributed by atoms with van der Waals surface area (Å²) in [4.78, 5) is 17.3. The number of carbonyl (C=O) groups is 1. The van der Waals surface area contributed by atoms with E-state index < -0.39 is 6.23 Å². The number of aliphatic hydroxyl groups excluding tert-OH is 1. The Morgan fingerprint density at radius 1 is 1.12 bits per heavy atom. The summed E-state index contributed by atoms with van der Waals surface area (Å²) in [6.45, 7) is 10.3. The Morgan fingerprint density at radius 2 is 1.77 bits per heavy atom. The van der Waals surface area contributed by atoms with Gasteiger partial charge in [0.1, 0.15) is 6.23 Å². The summed E-state index contributed by atoms with van der Waals surface area (Å²) in [7, 11) is 0. The van der Waals surface area contributed by atoms with Crippen LogP contribution in [0.3, 0.4) is 0 Å². The maximum absolute atomic E-state index is 12.9. The summed E-state index contributed by atoms with van der Waals surface area (Å²) >= 11 is 0. The normalized spacial score (nSPS) is 23.2. The zero-order valence-electron chi connectivity index (χ0n) is 16.2. The Bertz CT molecular complexity index is 659. The third-order valence-electron chi connectivity index (χ3n) is 5.38. The minimum absolute atomic E-state index is 0.0112. The zero-order valence-corrected chi connectivity index (χ0v) is 16.2. The van der Waals surface area contributed by atoms with Crippen molar-refractivity contribution in [1.82, 2.24) is 9.80 Å². The lowest BCUT2D eigenvalue weighted by molar-refractivity contribution is -0.118. The van der Waals surface area contributed by atoms with Crippen LogP contribution in [0.15, 0.2) is 41.6 Å². The van der Waals surface area contributed by atoms with Gasteiger partial charge in [-0.15, -0.1) is 0 Å². The van der Waals surface area contributed by atoms with Gasteiger partial charge in [-0.1, -0.05) is 32.0 Å². The topological polar surface area (TPSA) is 55.8 Å². The first-order valence-corrected chi connectivity index (χ1v) is 9.56. The van der Waals surface area contributed by atoms with E-state index in [0.717, 1.165) is 49.6 Å². The second-order valence-corrected chi connectivity index (χ2v) is 8.33. The lowest BCUT2D eigenvalue weighted by Crippen LogP contribution is -2.50. The van der Waals surface area contributed by atoms with E-state index in [-0.39, 0.29) is 11.2 Å². The van der Waals surface area contributed by atoms with E-state index in [1.807, 2.05) is 37.3 Å². The molecule has 0 amide bonds. The number of aliphatic hydroxyl groups is 1. The molecule has 0 bridgehead atoms. The van der Waals surface area contributed by atoms with Crippen LogP contribution >= 0.6 is 0 Å². The molecule has 1 aliphatic heterocycles. The van der Waals surface area contributed by atoms with Crippen molar-refractivity contribution in [2.24, 2.45) is 5.41 Å². The van der Waals surface area contributed by atoms with Gasteiger partial charge in [0.25, 0.3) is 0 Å². The van der Waals surface area contributed by atoms with Crippen LogP contribution < -0.4 is 5.32 Å². The number of hydrogen-bond acceptors (Lipinski definition) is 5. The molecular weight excluding hydrogens is 326 g/mol. The molecule has 1 fully saturated rings. The van der Waals surface area contributed by atoms with E-state index in [2.05, 4.69) is 29.0 Å². The Labute approximate surface area is 156 Å². The van der Waals surface area contributed by atoms with Gasteiger partial charge in [-0.3, -0.25) is 14.6 Å². The highest BCUT2D eigenvalue weighted by molar-refractivity contribution is 5.98. The van der Waals surface area contributed by atoms with Crippen molar-refractivity contribution in [2.75, 3.05) is 38.0 Å². The van der Waals surface area contributed by atoms with Crippen LogP contribution in [0.1, 0.15) is 33.6 Å². The number of para-hydroxylation sites is 1. The van der Waals surface area contributed by atoms with Crippen LogP contribution in [0.25, 0.3) is 0 Å². The number of allylic oxidation sites excluding steroid dienone is 1. The van der Waals surface area contributed by atoms with Crippen molar-refractivity contribution in [3.8, 4) is 0 Å². The number of rotatable bonds is 5. The summed E-state index contributed by atoms with van der Waals surface area (Å²) in [5.41, 5.74) is 3.02. The van der Waals surface area contributed by atoms with E-state index in [0.29, 0.717) is 13.0 Å². The molecule has 2 N–H and O–H groups in total. The number of anilines is 1. The average Bonchev–Trinajstić information content (AvgIpc) is 2.58. The van der Waals surface area contributed by atoms with Gasteiger partial charge in [-0.2, -0.15) is 0 Å². The second kappa shape index (κ2) is 7.91. The van der Waals surface area contributed by atoms with E-state index in [9.17, 15) is 9.90 Å². The summed E-state index contributed by atoms with van der Waals surface area (Å²) in [5, 5.41) is 13.2. The van der Waals surface area contributed by atoms with Crippen LogP contribution in [0.2, 0.25) is 0 Å². The first-order valence-electron chi connectivity index (χ1n) is 9.56. The molecule has 0 saturated carbocycles. The molecule has 5 nitrogen and oxygen atoms in total. The summed E-state index contributed by atoms with van der Waals surface area (Å²) in [5.74, 6) is 0.262. The first-order chi connectivity index (χ1) is 12.3. The van der Waals surface area contributed by atoms with Gasteiger partial charge in [0.15, 0.2) is 5.78 Å². The highest BCUT2D eigenvalue weighted by atomic mass is 16.3. The summed E-state index contributed by atoms with van der Waals surface area (Å²) < 4.78 is 0. The van der Waals surface area contributed by atoms with Gasteiger partial charge in [0.05, 0.1) is 0 Å². The molecule has 1 aliphatic carbocycles. The Balaban J connectivity index is 1.76. The lowest BCUT2D eigenvalue weighted by atomic mass is 9.75. The maximum Gasteiger partial charge on any atom is 0.162 e. The molecule has 1 atom stereocenters. The third kappa shape index (κ3) is 4.72. The monoisotopic (exact) mass is 357 g/mol. The zero-order chi connectivity index (χ0) is 18.7. The quantitative estimate of drug-likeness (QED) is 0.849. The van der Waals surface area contributed by atoms with E-state index in [1.165, 1.54) is 0 Å². The maximum atomic E-state index is 12.9. The van der Waals surface area contributed by atoms with Gasteiger partial charge in [-0.25, -0.2) is 0 Å². The van der Waals surface area contributed by atoms with Crippen molar-refractivity contribution in [1.29, 1.82) is 0 Å². The van der Waals surface area contributed by atoms with Gasteiger partial charge >= 0.3 is 0 Å². The second-order valence-electron chi connectivity index (χ2n) is 8.33. The van der Waals surface area contributed by atoms with Crippen LogP contribution in [0, 0.1) is 5.41 Å². The molecule has 1 aromatic rings. The van der Waals surface area contributed by atoms with Crippen molar-refractivity contribution >= 4 is 11.5 Å². The van der Waals surface area contributed by atoms with Crippen LogP contribution in [-0.4, -0.2) is 59.6 Å². The number of piperazine rings is 1. The van der Waals surface area contributed by atoms with E-state index in [4.69, 9.17) is 0 Å². The Kier molecular flexibility index (Phi) is 5.80. The minimum Gasteiger partial charge on any atom is -0.379 e. The molecule has 26 heavy (non-hydrogen) atoms. The van der Waals surface area contributed by atoms with Crippen molar-refractivity contribution in [3.63, 3.8) is 0 Å². The third-order valence-corrected chi connectivity index (χ3v) is 5.38. The molecule has 1 heterocycles. The number of nitrogens with zero attached hydrogens (tertiary/aromatic N) is 2. The number of benzene rings is 1. The number of ketones is 1. The van der Waals surface area contributed by atoms with Crippen LogP contribution in [0.4, 0.5) is 5.69 Å². The fourth-order valence-electron chi connectivity index (χ4n) is 3.88. The molecule has 0 aromatic heterocycles. The smallest absolute Gasteiger partial charge is 0.162 e. The highest BCUT2D eigenvalue weighted by Gasteiger charge is 2.34. The fraction of sp³-hybridized carbons (Fsp3) is 0.571. The Morgan fingerprint density at radius 3 is 2.38 bits per heavy atom. The molecule has 0 radical (unpaired) electrons. The molecule has 5 heteroatoms. The number of carbonyl (C=O) groups excluding carboxylic acids is 1. The molecule has 1 saturated heterocycles. The minimum atomic E-state index is -0.399. The summed E-state index contributed by atoms with van der Waals surface area (Å²) in [6.07, 6.45) is 1.09. The first kappa shape index (κ1) is 19.1. The SMILES string of the molecule is CC(O)N1CCN(CC2=C(Nc3ccccc3)CC(C)(C)CC2=O)CC1. The number of nitrogens with one attached hydrogen (secondary N) is 1. The number of hydrogen-bond donors (Lipinski definition) is 2. The predicted octanol–water partition coefficient (Wildman–Crippen LogP) is 2.70. The molecule has 1 unspecified atom stereocenters. The van der Waals surface area contributed by atoms with Gasteiger partial charge in [-0.05, 0) is 30.9 Å².